The van der Waals surface area contributed by atoms with Crippen LogP contribution in [0.15, 0.2) is 48.9 Å². The third-order valence-electron chi connectivity index (χ3n) is 8.90. The molecule has 1 amide bonds. The molecule has 1 aliphatic heterocycles. The van der Waals surface area contributed by atoms with Crippen LogP contribution in [0.1, 0.15) is 24.7 Å². The average Bonchev–Trinajstić information content (AvgIpc) is 3.55. The highest BCUT2D eigenvalue weighted by Crippen LogP contribution is 2.54. The average molecular weight is 646 g/mol. The van der Waals surface area contributed by atoms with Gasteiger partial charge in [0.2, 0.25) is 0 Å². The van der Waals surface area contributed by atoms with E-state index in [-0.39, 0.29) is 11.5 Å². The van der Waals surface area contributed by atoms with E-state index in [9.17, 15) is 4.79 Å². The fourth-order valence-corrected chi connectivity index (χ4v) is 7.31. The van der Waals surface area contributed by atoms with Crippen molar-refractivity contribution in [2.75, 3.05) is 19.7 Å². The van der Waals surface area contributed by atoms with Crippen molar-refractivity contribution in [3.63, 3.8) is 0 Å². The molecule has 2 aromatic carbocycles. The summed E-state index contributed by atoms with van der Waals surface area (Å²) in [5, 5.41) is 14.1. The molecule has 0 bridgehead atoms. The maximum Gasteiger partial charge on any atom is 0.407 e. The van der Waals surface area contributed by atoms with Crippen LogP contribution in [0.25, 0.3) is 33.3 Å². The van der Waals surface area contributed by atoms with Crippen LogP contribution in [0.4, 0.5) is 4.79 Å². The third-order valence-corrected chi connectivity index (χ3v) is 11.0. The van der Waals surface area contributed by atoms with E-state index < -0.39 is 14.2 Å². The minimum absolute atomic E-state index is 0.103. The summed E-state index contributed by atoms with van der Waals surface area (Å²) >= 11 is 6.87. The Hall–Kier alpha value is -4.00. The van der Waals surface area contributed by atoms with Crippen molar-refractivity contribution in [1.82, 2.24) is 34.2 Å². The molecule has 2 aliphatic rings. The van der Waals surface area contributed by atoms with Crippen molar-refractivity contribution in [3.05, 3.63) is 59.8 Å². The van der Waals surface area contributed by atoms with Gasteiger partial charge in [0.15, 0.2) is 0 Å². The first-order valence-electron chi connectivity index (χ1n) is 15.2. The van der Waals surface area contributed by atoms with Gasteiger partial charge in [-0.2, -0.15) is 5.10 Å². The minimum Gasteiger partial charge on any atom is -0.465 e. The van der Waals surface area contributed by atoms with Gasteiger partial charge in [0.05, 0.1) is 40.7 Å². The number of imidazole rings is 1. The van der Waals surface area contributed by atoms with Crippen molar-refractivity contribution in [3.8, 4) is 22.8 Å². The zero-order valence-corrected chi connectivity index (χ0v) is 27.6. The first-order valence-corrected chi connectivity index (χ1v) is 19.3. The van der Waals surface area contributed by atoms with Crippen LogP contribution in [-0.4, -0.2) is 73.2 Å². The molecule has 45 heavy (non-hydrogen) atoms. The van der Waals surface area contributed by atoms with Gasteiger partial charge < -0.3 is 24.0 Å². The highest BCUT2D eigenvalue weighted by atomic mass is 35.5. The monoisotopic (exact) mass is 645 g/mol. The molecule has 11 nitrogen and oxygen atoms in total. The number of ether oxygens (including phenoxy) is 2. The first-order chi connectivity index (χ1) is 21.5. The molecule has 0 atom stereocenters. The fraction of sp³-hybridized carbons (Fsp3) is 0.406. The summed E-state index contributed by atoms with van der Waals surface area (Å²) < 4.78 is 16.3. The van der Waals surface area contributed by atoms with E-state index in [1.165, 1.54) is 4.90 Å². The molecule has 1 N–H and O–H groups in total. The van der Waals surface area contributed by atoms with Gasteiger partial charge in [-0.3, -0.25) is 9.67 Å². The number of nitrogens with zero attached hydrogens (tertiary/aromatic N) is 7. The lowest BCUT2D eigenvalue weighted by atomic mass is 9.61. The second-order valence-corrected chi connectivity index (χ2v) is 19.6. The van der Waals surface area contributed by atoms with E-state index in [4.69, 9.17) is 36.1 Å². The van der Waals surface area contributed by atoms with Gasteiger partial charge in [0, 0.05) is 51.0 Å². The number of likely N-dealkylation sites (tertiary alicyclic amines) is 1. The number of benzene rings is 2. The predicted octanol–water partition coefficient (Wildman–Crippen LogP) is 7.22. The summed E-state index contributed by atoms with van der Waals surface area (Å²) in [5.41, 5.74) is 4.63. The van der Waals surface area contributed by atoms with Crippen LogP contribution < -0.4 is 4.74 Å². The molecule has 5 aromatic rings. The molecule has 2 fully saturated rings. The predicted molar refractivity (Wildman–Crippen MR) is 175 cm³/mol. The molecule has 234 valence electrons. The zero-order chi connectivity index (χ0) is 31.5. The summed E-state index contributed by atoms with van der Waals surface area (Å²) in [5.74, 6) is 2.00. The highest BCUT2D eigenvalue weighted by molar-refractivity contribution is 6.76. The standard InChI is InChI=1S/C32H36ClN7O4Si/c1-20-36-24-6-5-23(11-27(24)39(20)19-43-9-10-45(2,3)4)44-28-8-7-25-30(29(28)33)37-26(15-34-25)21-14-35-40(16-21)22-12-32(13-22)17-38(18-32)31(41)42/h5-8,11,14-16,22H,9-10,12-13,17-19H2,1-4H3,(H,41,42). The van der Waals surface area contributed by atoms with Crippen LogP contribution in [0.2, 0.25) is 30.7 Å². The Morgan fingerprint density at radius 1 is 1.11 bits per heavy atom. The second kappa shape index (κ2) is 11.1. The molecule has 1 saturated heterocycles. The van der Waals surface area contributed by atoms with Gasteiger partial charge >= 0.3 is 6.09 Å². The molecule has 3 aromatic heterocycles. The molecule has 1 saturated carbocycles. The van der Waals surface area contributed by atoms with Crippen LogP contribution in [0, 0.1) is 12.3 Å². The Bertz CT molecular complexity index is 1920. The summed E-state index contributed by atoms with van der Waals surface area (Å²) in [6.07, 6.45) is 6.49. The molecule has 1 aliphatic carbocycles. The topological polar surface area (TPSA) is 120 Å². The van der Waals surface area contributed by atoms with E-state index in [1.54, 1.807) is 12.4 Å². The van der Waals surface area contributed by atoms with Crippen LogP contribution in [-0.2, 0) is 11.5 Å². The fourth-order valence-electron chi connectivity index (χ4n) is 6.31. The number of aromatic nitrogens is 6. The van der Waals surface area contributed by atoms with E-state index in [2.05, 4.69) is 34.3 Å². The van der Waals surface area contributed by atoms with E-state index in [0.717, 1.165) is 47.9 Å². The SMILES string of the molecule is Cc1nc2ccc(Oc3ccc4ncc(-c5cnn(C6CC7(C6)CN(C(=O)O)C7)c5)nc4c3Cl)cc2n1COCC[Si](C)(C)C. The Kier molecular flexibility index (Phi) is 7.33. The van der Waals surface area contributed by atoms with Gasteiger partial charge in [0.1, 0.15) is 34.6 Å². The molecule has 4 heterocycles. The summed E-state index contributed by atoms with van der Waals surface area (Å²) in [4.78, 5) is 26.8. The van der Waals surface area contributed by atoms with Crippen LogP contribution >= 0.6 is 11.6 Å². The number of hydrogen-bond donors (Lipinski definition) is 1. The molecule has 0 unspecified atom stereocenters. The second-order valence-electron chi connectivity index (χ2n) is 13.6. The lowest BCUT2D eigenvalue weighted by molar-refractivity contribution is -0.0771. The van der Waals surface area contributed by atoms with Crippen molar-refractivity contribution in [1.29, 1.82) is 0 Å². The van der Waals surface area contributed by atoms with Gasteiger partial charge in [-0.25, -0.2) is 14.8 Å². The van der Waals surface area contributed by atoms with Crippen LogP contribution in [0.5, 0.6) is 11.5 Å². The number of carbonyl (C=O) groups is 1. The maximum absolute atomic E-state index is 11.1. The molecule has 0 radical (unpaired) electrons. The van der Waals surface area contributed by atoms with E-state index in [0.29, 0.717) is 53.1 Å². The number of fused-ring (bicyclic) bond motifs is 2. The number of halogens is 1. The lowest BCUT2D eigenvalue weighted by Gasteiger charge is -2.57. The summed E-state index contributed by atoms with van der Waals surface area (Å²) in [6.45, 7) is 11.4. The first kappa shape index (κ1) is 29.7. The Morgan fingerprint density at radius 2 is 1.89 bits per heavy atom. The molecule has 13 heteroatoms. The maximum atomic E-state index is 11.1. The van der Waals surface area contributed by atoms with Crippen molar-refractivity contribution in [2.24, 2.45) is 5.41 Å². The van der Waals surface area contributed by atoms with Crippen molar-refractivity contribution < 1.29 is 19.4 Å². The number of carboxylic acid groups (broad SMARTS) is 1. The Balaban J connectivity index is 1.07. The lowest BCUT2D eigenvalue weighted by Crippen LogP contribution is -2.63. The largest absolute Gasteiger partial charge is 0.465 e. The zero-order valence-electron chi connectivity index (χ0n) is 25.8. The Morgan fingerprint density at radius 3 is 2.64 bits per heavy atom. The molecular weight excluding hydrogens is 610 g/mol. The number of amides is 1. The minimum atomic E-state index is -1.17. The summed E-state index contributed by atoms with van der Waals surface area (Å²) in [6, 6.07) is 10.8. The van der Waals surface area contributed by atoms with Crippen molar-refractivity contribution in [2.45, 2.75) is 58.2 Å². The number of hydrogen-bond acceptors (Lipinski definition) is 7. The quantitative estimate of drug-likeness (QED) is 0.132. The van der Waals surface area contributed by atoms with Gasteiger partial charge in [-0.05, 0) is 50.1 Å². The van der Waals surface area contributed by atoms with Gasteiger partial charge in [-0.1, -0.05) is 31.2 Å². The van der Waals surface area contributed by atoms with Crippen LogP contribution in [0.3, 0.4) is 0 Å². The normalized spacial score (nSPS) is 16.3. The highest BCUT2D eigenvalue weighted by Gasteiger charge is 2.54. The Labute approximate surface area is 266 Å². The number of rotatable bonds is 9. The molecule has 1 spiro atoms. The van der Waals surface area contributed by atoms with Gasteiger partial charge in [-0.15, -0.1) is 0 Å². The third kappa shape index (κ3) is 5.77. The molecule has 7 rings (SSSR count). The van der Waals surface area contributed by atoms with E-state index in [1.807, 2.05) is 48.1 Å². The van der Waals surface area contributed by atoms with E-state index >= 15 is 0 Å². The van der Waals surface area contributed by atoms with Gasteiger partial charge in [0.25, 0.3) is 0 Å². The van der Waals surface area contributed by atoms with Crippen molar-refractivity contribution >= 4 is 47.8 Å². The molecular formula is C32H36ClN7O4Si. The summed E-state index contributed by atoms with van der Waals surface area (Å²) in [7, 11) is -1.17. The smallest absolute Gasteiger partial charge is 0.407 e. The number of aryl methyl sites for hydroxylation is 1.